The molecule has 1 amide bonds. The van der Waals surface area contributed by atoms with Crippen molar-refractivity contribution in [2.75, 3.05) is 13.1 Å². The number of nitrogens with one attached hydrogen (secondary N) is 1. The van der Waals surface area contributed by atoms with E-state index in [1.807, 2.05) is 36.1 Å². The number of aromatic nitrogens is 3. The van der Waals surface area contributed by atoms with Crippen molar-refractivity contribution in [3.05, 3.63) is 46.5 Å². The number of rotatable bonds is 3. The second-order valence-corrected chi connectivity index (χ2v) is 7.24. The fourth-order valence-corrected chi connectivity index (χ4v) is 4.01. The van der Waals surface area contributed by atoms with E-state index in [2.05, 4.69) is 20.1 Å². The number of amides is 1. The molecule has 7 heteroatoms. The van der Waals surface area contributed by atoms with Gasteiger partial charge in [-0.25, -0.2) is 0 Å². The summed E-state index contributed by atoms with van der Waals surface area (Å²) in [6.07, 6.45) is 2.09. The number of piperidine rings is 1. The van der Waals surface area contributed by atoms with Gasteiger partial charge in [0, 0.05) is 17.5 Å². The van der Waals surface area contributed by atoms with E-state index in [9.17, 15) is 4.79 Å². The van der Waals surface area contributed by atoms with Gasteiger partial charge in [0.2, 0.25) is 5.91 Å². The maximum atomic E-state index is 12.9. The van der Waals surface area contributed by atoms with Gasteiger partial charge in [-0.05, 0) is 44.5 Å². The SMILES string of the molecule is C[C@H]1C(=O)N(Cc2ccccc2Cl)Cc2nnc(C3CCNCC3)n21. The quantitative estimate of drug-likeness (QED) is 0.914. The number of benzene rings is 1. The fourth-order valence-electron chi connectivity index (χ4n) is 3.82. The molecule has 0 aliphatic carbocycles. The van der Waals surface area contributed by atoms with E-state index in [1.165, 1.54) is 0 Å². The summed E-state index contributed by atoms with van der Waals surface area (Å²) in [7, 11) is 0. The summed E-state index contributed by atoms with van der Waals surface area (Å²) in [4.78, 5) is 14.8. The van der Waals surface area contributed by atoms with Crippen molar-refractivity contribution in [3.63, 3.8) is 0 Å². The molecule has 1 aromatic heterocycles. The monoisotopic (exact) mass is 359 g/mol. The Morgan fingerprint density at radius 1 is 1.24 bits per heavy atom. The lowest BCUT2D eigenvalue weighted by Gasteiger charge is -2.33. The third-order valence-electron chi connectivity index (χ3n) is 5.20. The molecule has 0 radical (unpaired) electrons. The van der Waals surface area contributed by atoms with Crippen molar-refractivity contribution < 1.29 is 4.79 Å². The molecule has 2 aliphatic heterocycles. The van der Waals surface area contributed by atoms with Crippen LogP contribution in [0.5, 0.6) is 0 Å². The standard InChI is InChI=1S/C18H22ClN5O/c1-12-18(25)23(10-14-4-2-3-5-15(14)19)11-16-21-22-17(24(12)16)13-6-8-20-9-7-13/h2-5,12-13,20H,6-11H2,1H3/t12-/m0/s1. The van der Waals surface area contributed by atoms with Crippen molar-refractivity contribution in [2.45, 2.75) is 44.8 Å². The van der Waals surface area contributed by atoms with E-state index in [-0.39, 0.29) is 11.9 Å². The van der Waals surface area contributed by atoms with Crippen molar-refractivity contribution in [1.29, 1.82) is 0 Å². The average molecular weight is 360 g/mol. The topological polar surface area (TPSA) is 63.1 Å². The maximum absolute atomic E-state index is 12.9. The van der Waals surface area contributed by atoms with E-state index in [4.69, 9.17) is 11.6 Å². The number of nitrogens with zero attached hydrogens (tertiary/aromatic N) is 4. The molecule has 2 aliphatic rings. The second-order valence-electron chi connectivity index (χ2n) is 6.83. The minimum Gasteiger partial charge on any atom is -0.329 e. The highest BCUT2D eigenvalue weighted by molar-refractivity contribution is 6.31. The molecule has 1 aromatic carbocycles. The molecule has 0 unspecified atom stereocenters. The molecule has 132 valence electrons. The average Bonchev–Trinajstić information content (AvgIpc) is 3.06. The number of carbonyl (C=O) groups is 1. The van der Waals surface area contributed by atoms with Gasteiger partial charge in [0.25, 0.3) is 0 Å². The van der Waals surface area contributed by atoms with Gasteiger partial charge in [0.15, 0.2) is 5.82 Å². The van der Waals surface area contributed by atoms with E-state index < -0.39 is 0 Å². The predicted molar refractivity (Wildman–Crippen MR) is 95.3 cm³/mol. The minimum absolute atomic E-state index is 0.0994. The number of hydrogen-bond acceptors (Lipinski definition) is 4. The molecule has 1 fully saturated rings. The van der Waals surface area contributed by atoms with Gasteiger partial charge < -0.3 is 14.8 Å². The Morgan fingerprint density at radius 2 is 2.00 bits per heavy atom. The highest BCUT2D eigenvalue weighted by Gasteiger charge is 2.35. The lowest BCUT2D eigenvalue weighted by atomic mass is 9.96. The van der Waals surface area contributed by atoms with E-state index in [1.54, 1.807) is 0 Å². The Kier molecular flexibility index (Phi) is 4.48. The Bertz CT molecular complexity index is 784. The molecular formula is C18H22ClN5O. The summed E-state index contributed by atoms with van der Waals surface area (Å²) in [5, 5.41) is 12.9. The number of fused-ring (bicyclic) bond motifs is 1. The first-order chi connectivity index (χ1) is 12.1. The maximum Gasteiger partial charge on any atom is 0.246 e. The van der Waals surface area contributed by atoms with Gasteiger partial charge in [-0.15, -0.1) is 10.2 Å². The normalized spacial score (nSPS) is 21.4. The second kappa shape index (κ2) is 6.77. The summed E-state index contributed by atoms with van der Waals surface area (Å²) in [5.74, 6) is 2.32. The third-order valence-corrected chi connectivity index (χ3v) is 5.57. The zero-order valence-electron chi connectivity index (χ0n) is 14.3. The Hall–Kier alpha value is -1.92. The van der Waals surface area contributed by atoms with Crippen molar-refractivity contribution >= 4 is 17.5 Å². The number of hydrogen-bond donors (Lipinski definition) is 1. The molecule has 1 N–H and O–H groups in total. The first-order valence-corrected chi connectivity index (χ1v) is 9.19. The molecule has 0 saturated carbocycles. The van der Waals surface area contributed by atoms with Crippen molar-refractivity contribution in [3.8, 4) is 0 Å². The Morgan fingerprint density at radius 3 is 2.76 bits per heavy atom. The minimum atomic E-state index is -0.272. The van der Waals surface area contributed by atoms with Crippen LogP contribution in [0.2, 0.25) is 5.02 Å². The molecule has 1 atom stereocenters. The van der Waals surface area contributed by atoms with Gasteiger partial charge in [0.05, 0.1) is 6.54 Å². The van der Waals surface area contributed by atoms with Crippen LogP contribution in [0.4, 0.5) is 0 Å². The highest BCUT2D eigenvalue weighted by atomic mass is 35.5. The molecule has 3 heterocycles. The van der Waals surface area contributed by atoms with Gasteiger partial charge in [0.1, 0.15) is 11.9 Å². The van der Waals surface area contributed by atoms with Crippen LogP contribution in [-0.4, -0.2) is 38.7 Å². The van der Waals surface area contributed by atoms with Gasteiger partial charge in [-0.3, -0.25) is 4.79 Å². The Balaban J connectivity index is 1.60. The Labute approximate surface area is 152 Å². The summed E-state index contributed by atoms with van der Waals surface area (Å²) in [6.45, 7) is 4.91. The third kappa shape index (κ3) is 3.04. The fraction of sp³-hybridized carbons (Fsp3) is 0.500. The van der Waals surface area contributed by atoms with Crippen LogP contribution in [0.15, 0.2) is 24.3 Å². The summed E-state index contributed by atoms with van der Waals surface area (Å²) in [6, 6.07) is 7.38. The summed E-state index contributed by atoms with van der Waals surface area (Å²) < 4.78 is 2.06. The molecule has 2 aromatic rings. The molecule has 0 spiro atoms. The number of halogens is 1. The van der Waals surface area contributed by atoms with E-state index in [0.717, 1.165) is 43.1 Å². The first kappa shape index (κ1) is 16.5. The van der Waals surface area contributed by atoms with Crippen LogP contribution in [0.1, 0.15) is 48.9 Å². The zero-order chi connectivity index (χ0) is 17.4. The smallest absolute Gasteiger partial charge is 0.246 e. The van der Waals surface area contributed by atoms with E-state index in [0.29, 0.717) is 24.0 Å². The first-order valence-electron chi connectivity index (χ1n) is 8.81. The van der Waals surface area contributed by atoms with Gasteiger partial charge in [-0.2, -0.15) is 0 Å². The molecule has 0 bridgehead atoms. The molecule has 1 saturated heterocycles. The molecule has 25 heavy (non-hydrogen) atoms. The van der Waals surface area contributed by atoms with Crippen molar-refractivity contribution in [2.24, 2.45) is 0 Å². The van der Waals surface area contributed by atoms with Crippen LogP contribution < -0.4 is 5.32 Å². The summed E-state index contributed by atoms with van der Waals surface area (Å²) >= 11 is 6.26. The summed E-state index contributed by atoms with van der Waals surface area (Å²) in [5.41, 5.74) is 0.955. The van der Waals surface area contributed by atoms with Crippen molar-refractivity contribution in [1.82, 2.24) is 25.0 Å². The molecular weight excluding hydrogens is 338 g/mol. The highest BCUT2D eigenvalue weighted by Crippen LogP contribution is 2.31. The van der Waals surface area contributed by atoms with Crippen LogP contribution in [0, 0.1) is 0 Å². The largest absolute Gasteiger partial charge is 0.329 e. The van der Waals surface area contributed by atoms with E-state index >= 15 is 0 Å². The van der Waals surface area contributed by atoms with Crippen LogP contribution >= 0.6 is 11.6 Å². The van der Waals surface area contributed by atoms with Crippen LogP contribution in [0.3, 0.4) is 0 Å². The van der Waals surface area contributed by atoms with Crippen LogP contribution in [-0.2, 0) is 17.9 Å². The van der Waals surface area contributed by atoms with Gasteiger partial charge in [-0.1, -0.05) is 29.8 Å². The van der Waals surface area contributed by atoms with Gasteiger partial charge >= 0.3 is 0 Å². The lowest BCUT2D eigenvalue weighted by molar-refractivity contribution is -0.137. The molecule has 4 rings (SSSR count). The molecule has 6 nitrogen and oxygen atoms in total. The number of carbonyl (C=O) groups excluding carboxylic acids is 1. The predicted octanol–water partition coefficient (Wildman–Crippen LogP) is 2.50. The van der Waals surface area contributed by atoms with Crippen LogP contribution in [0.25, 0.3) is 0 Å². The zero-order valence-corrected chi connectivity index (χ0v) is 15.0. The lowest BCUT2D eigenvalue weighted by Crippen LogP contribution is -2.42.